The zero-order valence-electron chi connectivity index (χ0n) is 17.6. The number of nitrogens with zero attached hydrogens (tertiary/aromatic N) is 1. The highest BCUT2D eigenvalue weighted by atomic mass is 79.9. The summed E-state index contributed by atoms with van der Waals surface area (Å²) >= 11 is 3.41. The van der Waals surface area contributed by atoms with E-state index in [2.05, 4.69) is 33.4 Å². The maximum Gasteiger partial charge on any atom is 0.343 e. The predicted octanol–water partition coefficient (Wildman–Crippen LogP) is 6.18. The van der Waals surface area contributed by atoms with Crippen LogP contribution in [0.5, 0.6) is 5.75 Å². The lowest BCUT2D eigenvalue weighted by molar-refractivity contribution is -0.121. The van der Waals surface area contributed by atoms with Crippen LogP contribution >= 0.6 is 15.9 Å². The van der Waals surface area contributed by atoms with E-state index in [1.807, 2.05) is 19.1 Å². The van der Waals surface area contributed by atoms with Crippen LogP contribution in [0.15, 0.2) is 52.0 Å². The number of hydrogen-bond donors (Lipinski definition) is 1. The van der Waals surface area contributed by atoms with Gasteiger partial charge >= 0.3 is 5.97 Å². The molecule has 0 aliphatic heterocycles. The summed E-state index contributed by atoms with van der Waals surface area (Å²) in [6.45, 7) is 4.11. The van der Waals surface area contributed by atoms with Crippen LogP contribution in [0.2, 0.25) is 0 Å². The zero-order valence-corrected chi connectivity index (χ0v) is 19.2. The number of hydrazone groups is 1. The van der Waals surface area contributed by atoms with Crippen molar-refractivity contribution in [1.82, 2.24) is 5.43 Å². The van der Waals surface area contributed by atoms with E-state index in [1.54, 1.807) is 30.3 Å². The molecule has 2 aromatic carbocycles. The van der Waals surface area contributed by atoms with Gasteiger partial charge in [-0.15, -0.1) is 0 Å². The van der Waals surface area contributed by atoms with Gasteiger partial charge < -0.3 is 4.74 Å². The second-order valence-corrected chi connectivity index (χ2v) is 8.17. The fourth-order valence-electron chi connectivity index (χ4n) is 2.94. The Labute approximate surface area is 187 Å². The molecule has 2 rings (SSSR count). The molecule has 0 aliphatic carbocycles. The molecule has 0 spiro atoms. The number of benzene rings is 2. The smallest absolute Gasteiger partial charge is 0.343 e. The lowest BCUT2D eigenvalue weighted by atomic mass is 10.1. The molecule has 5 nitrogen and oxygen atoms in total. The van der Waals surface area contributed by atoms with Crippen LogP contribution in [0.4, 0.5) is 0 Å². The Morgan fingerprint density at radius 1 is 1.07 bits per heavy atom. The van der Waals surface area contributed by atoms with Crippen LogP contribution in [0.3, 0.4) is 0 Å². The molecule has 0 aliphatic rings. The third-order valence-corrected chi connectivity index (χ3v) is 5.07. The largest absolute Gasteiger partial charge is 0.422 e. The molecule has 6 heteroatoms. The maximum absolute atomic E-state index is 12.4. The summed E-state index contributed by atoms with van der Waals surface area (Å²) in [5.74, 6) is -0.184. The number of amides is 1. The quantitative estimate of drug-likeness (QED) is 0.139. The number of nitrogens with one attached hydrogen (secondary N) is 1. The highest BCUT2D eigenvalue weighted by Crippen LogP contribution is 2.23. The first-order valence-corrected chi connectivity index (χ1v) is 11.2. The van der Waals surface area contributed by atoms with Crippen LogP contribution in [0.1, 0.15) is 73.4 Å². The lowest BCUT2D eigenvalue weighted by Crippen LogP contribution is -2.17. The minimum Gasteiger partial charge on any atom is -0.422 e. The first kappa shape index (κ1) is 23.8. The predicted molar refractivity (Wildman–Crippen MR) is 124 cm³/mol. The average molecular weight is 473 g/mol. The number of carbonyl (C=O) groups excluding carboxylic acids is 2. The topological polar surface area (TPSA) is 67.8 Å². The van der Waals surface area contributed by atoms with Gasteiger partial charge in [0, 0.05) is 16.5 Å². The van der Waals surface area contributed by atoms with Crippen molar-refractivity contribution in [3.63, 3.8) is 0 Å². The van der Waals surface area contributed by atoms with E-state index in [-0.39, 0.29) is 5.91 Å². The number of hydrogen-bond acceptors (Lipinski definition) is 4. The number of carbonyl (C=O) groups is 2. The van der Waals surface area contributed by atoms with E-state index in [0.717, 1.165) is 29.3 Å². The molecule has 0 fully saturated rings. The van der Waals surface area contributed by atoms with Crippen LogP contribution < -0.4 is 10.2 Å². The first-order valence-electron chi connectivity index (χ1n) is 10.4. The van der Waals surface area contributed by atoms with Gasteiger partial charge in [-0.25, -0.2) is 10.2 Å². The van der Waals surface area contributed by atoms with Crippen molar-refractivity contribution < 1.29 is 14.3 Å². The maximum atomic E-state index is 12.4. The van der Waals surface area contributed by atoms with Crippen LogP contribution in [0.25, 0.3) is 0 Å². The number of aryl methyl sites for hydroxylation is 1. The number of esters is 1. The number of unbranched alkanes of at least 4 members (excludes halogenated alkanes) is 5. The number of halogens is 1. The van der Waals surface area contributed by atoms with E-state index in [9.17, 15) is 9.59 Å². The van der Waals surface area contributed by atoms with Crippen LogP contribution in [0, 0.1) is 6.92 Å². The lowest BCUT2D eigenvalue weighted by Gasteiger charge is -2.08. The SMILES string of the molecule is CCCCCCCCC(=O)NN=Cc1cc(Br)ccc1OC(=O)c1cccc(C)c1. The number of ether oxygens (including phenoxy) is 1. The highest BCUT2D eigenvalue weighted by Gasteiger charge is 2.12. The molecule has 1 N–H and O–H groups in total. The van der Waals surface area contributed by atoms with Gasteiger partial charge in [0.15, 0.2) is 0 Å². The summed E-state index contributed by atoms with van der Waals surface area (Å²) in [6, 6.07) is 12.5. The van der Waals surface area contributed by atoms with E-state index < -0.39 is 5.97 Å². The molecule has 0 heterocycles. The molecule has 0 bridgehead atoms. The van der Waals surface area contributed by atoms with Gasteiger partial charge in [-0.05, 0) is 43.7 Å². The Kier molecular flexibility index (Phi) is 10.3. The van der Waals surface area contributed by atoms with E-state index in [1.165, 1.54) is 25.5 Å². The highest BCUT2D eigenvalue weighted by molar-refractivity contribution is 9.10. The summed E-state index contributed by atoms with van der Waals surface area (Å²) < 4.78 is 6.36. The molecule has 30 heavy (non-hydrogen) atoms. The summed E-state index contributed by atoms with van der Waals surface area (Å²) in [5, 5.41) is 4.03. The normalized spacial score (nSPS) is 10.9. The van der Waals surface area contributed by atoms with Crippen LogP contribution in [-0.4, -0.2) is 18.1 Å². The molecule has 0 aromatic heterocycles. The third kappa shape index (κ3) is 8.49. The second-order valence-electron chi connectivity index (χ2n) is 7.25. The molecular weight excluding hydrogens is 444 g/mol. The van der Waals surface area contributed by atoms with E-state index in [0.29, 0.717) is 23.3 Å². The van der Waals surface area contributed by atoms with Crippen molar-refractivity contribution in [2.45, 2.75) is 58.8 Å². The molecule has 0 saturated heterocycles. The zero-order chi connectivity index (χ0) is 21.8. The standard InChI is InChI=1S/C24H29BrN2O3/c1-3-4-5-6-7-8-12-23(28)27-26-17-20-16-21(25)13-14-22(20)30-24(29)19-11-9-10-18(2)15-19/h9-11,13-17H,3-8,12H2,1-2H3,(H,27,28). The molecule has 1 amide bonds. The third-order valence-electron chi connectivity index (χ3n) is 4.58. The molecule has 0 saturated carbocycles. The Hall–Kier alpha value is -2.47. The Morgan fingerprint density at radius 2 is 1.83 bits per heavy atom. The first-order chi connectivity index (χ1) is 14.5. The van der Waals surface area contributed by atoms with Crippen molar-refractivity contribution in [2.75, 3.05) is 0 Å². The summed E-state index contributed by atoms with van der Waals surface area (Å²) in [6.07, 6.45) is 8.72. The Morgan fingerprint density at radius 3 is 2.60 bits per heavy atom. The van der Waals surface area contributed by atoms with Crippen LogP contribution in [-0.2, 0) is 4.79 Å². The van der Waals surface area contributed by atoms with Crippen molar-refractivity contribution in [1.29, 1.82) is 0 Å². The minimum absolute atomic E-state index is 0.116. The molecule has 0 radical (unpaired) electrons. The average Bonchev–Trinajstić information content (AvgIpc) is 2.72. The van der Waals surface area contributed by atoms with Crippen molar-refractivity contribution in [3.05, 3.63) is 63.6 Å². The molecule has 0 unspecified atom stereocenters. The van der Waals surface area contributed by atoms with Gasteiger partial charge in [-0.2, -0.15) is 5.10 Å². The second kappa shape index (κ2) is 13.0. The fraction of sp³-hybridized carbons (Fsp3) is 0.375. The van der Waals surface area contributed by atoms with Crippen molar-refractivity contribution in [3.8, 4) is 5.75 Å². The van der Waals surface area contributed by atoms with Gasteiger partial charge in [0.05, 0.1) is 11.8 Å². The minimum atomic E-state index is -0.442. The van der Waals surface area contributed by atoms with Gasteiger partial charge in [-0.1, -0.05) is 72.7 Å². The Balaban J connectivity index is 1.91. The summed E-state index contributed by atoms with van der Waals surface area (Å²) in [4.78, 5) is 24.4. The van der Waals surface area contributed by atoms with Gasteiger partial charge in [0.2, 0.25) is 5.91 Å². The molecule has 160 valence electrons. The van der Waals surface area contributed by atoms with Crippen molar-refractivity contribution in [2.24, 2.45) is 5.10 Å². The summed E-state index contributed by atoms with van der Waals surface area (Å²) in [7, 11) is 0. The fourth-order valence-corrected chi connectivity index (χ4v) is 3.32. The van der Waals surface area contributed by atoms with Gasteiger partial charge in [-0.3, -0.25) is 4.79 Å². The Bertz CT molecular complexity index is 881. The molecular formula is C24H29BrN2O3. The van der Waals surface area contributed by atoms with E-state index >= 15 is 0 Å². The summed E-state index contributed by atoms with van der Waals surface area (Å²) in [5.41, 5.74) is 4.60. The number of rotatable bonds is 11. The molecule has 2 aromatic rings. The molecule has 0 atom stereocenters. The monoisotopic (exact) mass is 472 g/mol. The van der Waals surface area contributed by atoms with Crippen molar-refractivity contribution >= 4 is 34.0 Å². The van der Waals surface area contributed by atoms with E-state index in [4.69, 9.17) is 4.74 Å². The van der Waals surface area contributed by atoms with Gasteiger partial charge in [0.1, 0.15) is 5.75 Å². The van der Waals surface area contributed by atoms with Gasteiger partial charge in [0.25, 0.3) is 0 Å².